The van der Waals surface area contributed by atoms with Crippen molar-refractivity contribution < 1.29 is 14.6 Å². The Kier molecular flexibility index (Phi) is 4.58. The van der Waals surface area contributed by atoms with Crippen LogP contribution in [0.2, 0.25) is 0 Å². The average molecular weight is 251 g/mol. The molecule has 4 nitrogen and oxygen atoms in total. The van der Waals surface area contributed by atoms with Crippen molar-refractivity contribution in [3.8, 4) is 5.75 Å². The average Bonchev–Trinajstić information content (AvgIpc) is 2.37. The number of rotatable bonds is 5. The van der Waals surface area contributed by atoms with Gasteiger partial charge >= 0.3 is 0 Å². The summed E-state index contributed by atoms with van der Waals surface area (Å²) in [6.45, 7) is 0.520. The van der Waals surface area contributed by atoms with E-state index in [1.807, 2.05) is 12.1 Å². The van der Waals surface area contributed by atoms with Crippen LogP contribution in [0.25, 0.3) is 0 Å². The second kappa shape index (κ2) is 6.18. The van der Waals surface area contributed by atoms with E-state index in [4.69, 9.17) is 15.2 Å². The maximum atomic E-state index is 9.53. The third kappa shape index (κ3) is 3.22. The van der Waals surface area contributed by atoms with Crippen molar-refractivity contribution in [3.63, 3.8) is 0 Å². The van der Waals surface area contributed by atoms with Crippen LogP contribution in [0.5, 0.6) is 5.75 Å². The molecule has 0 saturated carbocycles. The van der Waals surface area contributed by atoms with E-state index >= 15 is 0 Å². The van der Waals surface area contributed by atoms with Gasteiger partial charge in [0.1, 0.15) is 18.5 Å². The summed E-state index contributed by atoms with van der Waals surface area (Å²) in [5.41, 5.74) is 8.59. The molecule has 0 spiro atoms. The van der Waals surface area contributed by atoms with Gasteiger partial charge in [-0.25, -0.2) is 0 Å². The van der Waals surface area contributed by atoms with Crippen LogP contribution in [0.1, 0.15) is 30.0 Å². The van der Waals surface area contributed by atoms with Gasteiger partial charge in [-0.05, 0) is 42.5 Å². The molecule has 0 aromatic heterocycles. The van der Waals surface area contributed by atoms with Crippen LogP contribution in [0, 0.1) is 0 Å². The van der Waals surface area contributed by atoms with Gasteiger partial charge in [0.2, 0.25) is 0 Å². The first kappa shape index (κ1) is 13.3. The minimum atomic E-state index is -0.597. The number of ether oxygens (including phenoxy) is 2. The van der Waals surface area contributed by atoms with Crippen LogP contribution >= 0.6 is 0 Å². The summed E-state index contributed by atoms with van der Waals surface area (Å²) in [5, 5.41) is 9.53. The number of aliphatic hydroxyl groups is 1. The van der Waals surface area contributed by atoms with Crippen LogP contribution in [0.4, 0.5) is 0 Å². The van der Waals surface area contributed by atoms with Crippen molar-refractivity contribution in [3.05, 3.63) is 29.3 Å². The zero-order valence-corrected chi connectivity index (χ0v) is 10.8. The lowest BCUT2D eigenvalue weighted by Crippen LogP contribution is -2.23. The van der Waals surface area contributed by atoms with Crippen molar-refractivity contribution in [1.82, 2.24) is 0 Å². The molecule has 3 N–H and O–H groups in total. The molecule has 0 aliphatic heterocycles. The lowest BCUT2D eigenvalue weighted by molar-refractivity contribution is 0.0325. The van der Waals surface area contributed by atoms with Crippen LogP contribution in [-0.4, -0.2) is 31.5 Å². The molecule has 0 bridgehead atoms. The lowest BCUT2D eigenvalue weighted by atomic mass is 9.88. The fourth-order valence-corrected chi connectivity index (χ4v) is 2.34. The highest BCUT2D eigenvalue weighted by Crippen LogP contribution is 2.30. The summed E-state index contributed by atoms with van der Waals surface area (Å²) in [6, 6.07) is 6.13. The summed E-state index contributed by atoms with van der Waals surface area (Å²) in [6.07, 6.45) is 2.68. The molecule has 1 aromatic rings. The zero-order chi connectivity index (χ0) is 13.0. The molecule has 1 aliphatic carbocycles. The number of fused-ring (bicyclic) bond motifs is 1. The molecule has 4 heteroatoms. The molecular formula is C14H21NO3. The number of benzene rings is 1. The predicted molar refractivity (Wildman–Crippen MR) is 69.7 cm³/mol. The summed E-state index contributed by atoms with van der Waals surface area (Å²) in [4.78, 5) is 0. The normalized spacial score (nSPS) is 20.3. The third-order valence-electron chi connectivity index (χ3n) is 3.28. The molecule has 18 heavy (non-hydrogen) atoms. The summed E-state index contributed by atoms with van der Waals surface area (Å²) in [5.74, 6) is 0.765. The Labute approximate surface area is 108 Å². The van der Waals surface area contributed by atoms with Crippen molar-refractivity contribution in [2.45, 2.75) is 31.4 Å². The molecule has 0 radical (unpaired) electrons. The van der Waals surface area contributed by atoms with E-state index in [1.165, 1.54) is 11.1 Å². The zero-order valence-electron chi connectivity index (χ0n) is 10.8. The first-order chi connectivity index (χ1) is 8.70. The minimum Gasteiger partial charge on any atom is -0.491 e. The van der Waals surface area contributed by atoms with E-state index < -0.39 is 6.10 Å². The molecule has 1 aliphatic rings. The molecule has 100 valence electrons. The summed E-state index contributed by atoms with van der Waals surface area (Å²) in [7, 11) is 1.56. The molecule has 0 amide bonds. The highest BCUT2D eigenvalue weighted by Gasteiger charge is 2.17. The van der Waals surface area contributed by atoms with Gasteiger partial charge in [0.15, 0.2) is 0 Å². The summed E-state index contributed by atoms with van der Waals surface area (Å²) >= 11 is 0. The molecule has 0 heterocycles. The van der Waals surface area contributed by atoms with Gasteiger partial charge in [-0.1, -0.05) is 6.07 Å². The molecule has 0 fully saturated rings. The number of methoxy groups -OCH3 is 1. The van der Waals surface area contributed by atoms with E-state index in [0.29, 0.717) is 0 Å². The van der Waals surface area contributed by atoms with E-state index in [1.54, 1.807) is 7.11 Å². The Bertz CT molecular complexity index is 395. The van der Waals surface area contributed by atoms with Crippen molar-refractivity contribution in [2.75, 3.05) is 20.3 Å². The van der Waals surface area contributed by atoms with Gasteiger partial charge < -0.3 is 20.3 Å². The monoisotopic (exact) mass is 251 g/mol. The maximum Gasteiger partial charge on any atom is 0.119 e. The van der Waals surface area contributed by atoms with Gasteiger partial charge in [0, 0.05) is 13.2 Å². The highest BCUT2D eigenvalue weighted by atomic mass is 16.5. The van der Waals surface area contributed by atoms with Crippen LogP contribution in [0.3, 0.4) is 0 Å². The summed E-state index contributed by atoms with van der Waals surface area (Å²) < 4.78 is 10.4. The van der Waals surface area contributed by atoms with E-state index in [-0.39, 0.29) is 19.3 Å². The van der Waals surface area contributed by atoms with E-state index in [9.17, 15) is 5.11 Å². The Balaban J connectivity index is 2.00. The first-order valence-electron chi connectivity index (χ1n) is 6.39. The predicted octanol–water partition coefficient (Wildman–Crippen LogP) is 1.41. The molecule has 2 rings (SSSR count). The second-order valence-electron chi connectivity index (χ2n) is 4.78. The molecule has 1 aromatic carbocycles. The van der Waals surface area contributed by atoms with Gasteiger partial charge in [-0.3, -0.25) is 0 Å². The topological polar surface area (TPSA) is 64.7 Å². The quantitative estimate of drug-likeness (QED) is 0.830. The number of aliphatic hydroxyl groups excluding tert-OH is 1. The van der Waals surface area contributed by atoms with Gasteiger partial charge in [0.05, 0.1) is 6.61 Å². The number of nitrogens with two attached hydrogens (primary N) is 1. The van der Waals surface area contributed by atoms with Gasteiger partial charge in [0.25, 0.3) is 0 Å². The smallest absolute Gasteiger partial charge is 0.119 e. The fraction of sp³-hybridized carbons (Fsp3) is 0.571. The molecule has 2 atom stereocenters. The van der Waals surface area contributed by atoms with E-state index in [2.05, 4.69) is 6.07 Å². The van der Waals surface area contributed by atoms with Crippen molar-refractivity contribution in [2.24, 2.45) is 5.73 Å². The largest absolute Gasteiger partial charge is 0.491 e. The van der Waals surface area contributed by atoms with E-state index in [0.717, 1.165) is 25.0 Å². The van der Waals surface area contributed by atoms with Crippen molar-refractivity contribution in [1.29, 1.82) is 0 Å². The van der Waals surface area contributed by atoms with Crippen LogP contribution in [-0.2, 0) is 11.2 Å². The fourth-order valence-electron chi connectivity index (χ4n) is 2.34. The van der Waals surface area contributed by atoms with Crippen molar-refractivity contribution >= 4 is 0 Å². The highest BCUT2D eigenvalue weighted by molar-refractivity contribution is 5.39. The standard InChI is InChI=1S/C14H21NO3/c1-17-8-11(16)9-18-12-6-5-10-3-2-4-14(15)13(10)7-12/h5-7,11,14,16H,2-4,8-9,15H2,1H3. The lowest BCUT2D eigenvalue weighted by Gasteiger charge is -2.23. The Morgan fingerprint density at radius 3 is 3.06 bits per heavy atom. The number of hydrogen-bond donors (Lipinski definition) is 2. The molecular weight excluding hydrogens is 230 g/mol. The van der Waals surface area contributed by atoms with Gasteiger partial charge in [-0.2, -0.15) is 0 Å². The van der Waals surface area contributed by atoms with Crippen LogP contribution < -0.4 is 10.5 Å². The molecule has 2 unspecified atom stereocenters. The number of hydrogen-bond acceptors (Lipinski definition) is 4. The second-order valence-corrected chi connectivity index (χ2v) is 4.78. The van der Waals surface area contributed by atoms with Crippen LogP contribution in [0.15, 0.2) is 18.2 Å². The Morgan fingerprint density at radius 1 is 1.44 bits per heavy atom. The molecule has 0 saturated heterocycles. The minimum absolute atomic E-state index is 0.112. The third-order valence-corrected chi connectivity index (χ3v) is 3.28. The maximum absolute atomic E-state index is 9.53. The Hall–Kier alpha value is -1.10. The van der Waals surface area contributed by atoms with Gasteiger partial charge in [-0.15, -0.1) is 0 Å². The first-order valence-corrected chi connectivity index (χ1v) is 6.39. The number of aryl methyl sites for hydroxylation is 1. The SMILES string of the molecule is COCC(O)COc1ccc2c(c1)C(N)CCC2. The Morgan fingerprint density at radius 2 is 2.28 bits per heavy atom.